The second kappa shape index (κ2) is 5.43. The Morgan fingerprint density at radius 3 is 2.83 bits per heavy atom. The number of carboxylic acids is 1. The van der Waals surface area contributed by atoms with E-state index in [2.05, 4.69) is 15.2 Å². The number of carboxylic acid groups (broad SMARTS) is 1. The summed E-state index contributed by atoms with van der Waals surface area (Å²) < 4.78 is 0. The number of hydrogen-bond acceptors (Lipinski definition) is 4. The molecule has 1 aliphatic heterocycles. The molecule has 0 unspecified atom stereocenters. The van der Waals surface area contributed by atoms with Crippen LogP contribution in [0.15, 0.2) is 30.7 Å². The summed E-state index contributed by atoms with van der Waals surface area (Å²) in [5.41, 5.74) is 1.21. The Bertz CT molecular complexity index is 788. The Morgan fingerprint density at radius 2 is 2.08 bits per heavy atom. The molecule has 2 fully saturated rings. The van der Waals surface area contributed by atoms with Crippen molar-refractivity contribution in [2.24, 2.45) is 5.41 Å². The molecule has 1 amide bonds. The number of nitrogens with zero attached hydrogens (tertiary/aromatic N) is 3. The van der Waals surface area contributed by atoms with E-state index in [-0.39, 0.29) is 11.9 Å². The van der Waals surface area contributed by atoms with Crippen LogP contribution in [0.25, 0.3) is 11.1 Å². The summed E-state index contributed by atoms with van der Waals surface area (Å²) in [6.45, 7) is 0.477. The predicted octanol–water partition coefficient (Wildman–Crippen LogP) is 1.94. The summed E-state index contributed by atoms with van der Waals surface area (Å²) in [7, 11) is 0. The molecule has 7 heteroatoms. The number of pyridine rings is 1. The number of likely N-dealkylation sites (tertiary alicyclic amines) is 1. The van der Waals surface area contributed by atoms with Gasteiger partial charge < -0.3 is 10.0 Å². The molecule has 2 aromatic heterocycles. The fourth-order valence-corrected chi connectivity index (χ4v) is 4.22. The summed E-state index contributed by atoms with van der Waals surface area (Å²) in [5.74, 6) is -0.950. The van der Waals surface area contributed by atoms with Crippen LogP contribution in [0.3, 0.4) is 0 Å². The molecular formula is C17H18N4O3. The highest BCUT2D eigenvalue weighted by Gasteiger charge is 2.57. The molecule has 0 bridgehead atoms. The maximum atomic E-state index is 13.1. The van der Waals surface area contributed by atoms with Gasteiger partial charge in [0.25, 0.3) is 5.91 Å². The van der Waals surface area contributed by atoms with Gasteiger partial charge in [0.15, 0.2) is 0 Å². The molecule has 124 valence electrons. The second-order valence-corrected chi connectivity index (χ2v) is 6.51. The summed E-state index contributed by atoms with van der Waals surface area (Å²) in [5, 5.41) is 16.5. The zero-order chi connectivity index (χ0) is 16.7. The van der Waals surface area contributed by atoms with Gasteiger partial charge in [-0.1, -0.05) is 6.42 Å². The molecule has 24 heavy (non-hydrogen) atoms. The van der Waals surface area contributed by atoms with Crippen molar-refractivity contribution in [3.05, 3.63) is 36.4 Å². The third-order valence-electron chi connectivity index (χ3n) is 5.44. The lowest BCUT2D eigenvalue weighted by Gasteiger charge is -2.28. The highest BCUT2D eigenvalue weighted by Crippen LogP contribution is 2.49. The minimum Gasteiger partial charge on any atom is -0.481 e. The van der Waals surface area contributed by atoms with Crippen molar-refractivity contribution in [2.75, 3.05) is 6.54 Å². The minimum atomic E-state index is -0.778. The number of fused-ring (bicyclic) bond motifs is 1. The average molecular weight is 326 g/mol. The van der Waals surface area contributed by atoms with Crippen molar-refractivity contribution in [3.63, 3.8) is 0 Å². The molecule has 1 aliphatic carbocycles. The third kappa shape index (κ3) is 2.04. The van der Waals surface area contributed by atoms with Gasteiger partial charge in [-0.2, -0.15) is 5.10 Å². The SMILES string of the molecule is O=C(c1[nH]ncc1-c1ccncc1)N1CC[C@@]2(C(=O)O)CCC[C@@H]12. The Hall–Kier alpha value is -2.70. The van der Waals surface area contributed by atoms with E-state index in [0.29, 0.717) is 30.6 Å². The van der Waals surface area contributed by atoms with Crippen LogP contribution < -0.4 is 0 Å². The van der Waals surface area contributed by atoms with E-state index in [9.17, 15) is 14.7 Å². The van der Waals surface area contributed by atoms with Gasteiger partial charge in [-0.3, -0.25) is 19.7 Å². The molecule has 1 saturated carbocycles. The maximum absolute atomic E-state index is 13.1. The van der Waals surface area contributed by atoms with Crippen molar-refractivity contribution in [1.82, 2.24) is 20.1 Å². The Labute approximate surface area is 138 Å². The highest BCUT2D eigenvalue weighted by molar-refractivity contribution is 5.99. The Balaban J connectivity index is 1.67. The van der Waals surface area contributed by atoms with Crippen LogP contribution in [0.5, 0.6) is 0 Å². The lowest BCUT2D eigenvalue weighted by molar-refractivity contribution is -0.149. The van der Waals surface area contributed by atoms with E-state index in [0.717, 1.165) is 18.4 Å². The van der Waals surface area contributed by atoms with Gasteiger partial charge in [-0.25, -0.2) is 0 Å². The first kappa shape index (κ1) is 14.9. The quantitative estimate of drug-likeness (QED) is 0.898. The first-order valence-corrected chi connectivity index (χ1v) is 8.11. The van der Waals surface area contributed by atoms with E-state index < -0.39 is 11.4 Å². The molecule has 2 atom stereocenters. The molecule has 3 heterocycles. The van der Waals surface area contributed by atoms with E-state index in [1.165, 1.54) is 0 Å². The van der Waals surface area contributed by atoms with Crippen molar-refractivity contribution >= 4 is 11.9 Å². The van der Waals surface area contributed by atoms with Crippen LogP contribution in [0, 0.1) is 5.41 Å². The monoisotopic (exact) mass is 326 g/mol. The molecular weight excluding hydrogens is 308 g/mol. The number of rotatable bonds is 3. The number of aromatic nitrogens is 3. The van der Waals surface area contributed by atoms with Gasteiger partial charge >= 0.3 is 5.97 Å². The molecule has 0 aromatic carbocycles. The van der Waals surface area contributed by atoms with Crippen molar-refractivity contribution < 1.29 is 14.7 Å². The van der Waals surface area contributed by atoms with E-state index >= 15 is 0 Å². The Kier molecular flexibility index (Phi) is 3.37. The van der Waals surface area contributed by atoms with Gasteiger partial charge in [0.2, 0.25) is 0 Å². The normalized spacial score (nSPS) is 25.7. The summed E-state index contributed by atoms with van der Waals surface area (Å²) in [6.07, 6.45) is 7.72. The number of nitrogens with one attached hydrogen (secondary N) is 1. The van der Waals surface area contributed by atoms with Crippen LogP contribution in [0.4, 0.5) is 0 Å². The number of carbonyl (C=O) groups excluding carboxylic acids is 1. The molecule has 0 radical (unpaired) electrons. The van der Waals surface area contributed by atoms with E-state index in [4.69, 9.17) is 0 Å². The summed E-state index contributed by atoms with van der Waals surface area (Å²) >= 11 is 0. The van der Waals surface area contributed by atoms with Crippen LogP contribution in [-0.2, 0) is 4.79 Å². The number of hydrogen-bond donors (Lipinski definition) is 2. The molecule has 7 nitrogen and oxygen atoms in total. The summed E-state index contributed by atoms with van der Waals surface area (Å²) in [6, 6.07) is 3.42. The molecule has 1 saturated heterocycles. The number of amides is 1. The highest BCUT2D eigenvalue weighted by atomic mass is 16.4. The van der Waals surface area contributed by atoms with Gasteiger partial charge in [0.05, 0.1) is 11.6 Å². The minimum absolute atomic E-state index is 0.172. The first-order chi connectivity index (χ1) is 11.6. The van der Waals surface area contributed by atoms with Gasteiger partial charge in [-0.15, -0.1) is 0 Å². The van der Waals surface area contributed by atoms with E-state index in [1.54, 1.807) is 23.5 Å². The average Bonchev–Trinajstić information content (AvgIpc) is 3.29. The number of carbonyl (C=O) groups is 2. The van der Waals surface area contributed by atoms with Crippen LogP contribution >= 0.6 is 0 Å². The number of H-pyrrole nitrogens is 1. The van der Waals surface area contributed by atoms with Crippen LogP contribution in [0.1, 0.15) is 36.2 Å². The maximum Gasteiger partial charge on any atom is 0.311 e. The van der Waals surface area contributed by atoms with Crippen LogP contribution in [-0.4, -0.2) is 49.7 Å². The fraction of sp³-hybridized carbons (Fsp3) is 0.412. The topological polar surface area (TPSA) is 99.2 Å². The zero-order valence-corrected chi connectivity index (χ0v) is 13.1. The van der Waals surface area contributed by atoms with Gasteiger partial charge in [0.1, 0.15) is 5.69 Å². The number of aromatic amines is 1. The lowest BCUT2D eigenvalue weighted by Crippen LogP contribution is -2.43. The lowest BCUT2D eigenvalue weighted by atomic mass is 9.82. The molecule has 2 aromatic rings. The molecule has 0 spiro atoms. The fourth-order valence-electron chi connectivity index (χ4n) is 4.22. The standard InChI is InChI=1S/C17H18N4O3/c22-15(14-12(10-19-20-14)11-3-7-18-8-4-11)21-9-6-17(16(23)24)5-1-2-13(17)21/h3-4,7-8,10,13H,1-2,5-6,9H2,(H,19,20)(H,23,24)/t13-,17+/m1/s1. The summed E-state index contributed by atoms with van der Waals surface area (Å²) in [4.78, 5) is 30.5. The molecule has 2 aliphatic rings. The zero-order valence-electron chi connectivity index (χ0n) is 13.1. The Morgan fingerprint density at radius 1 is 1.29 bits per heavy atom. The van der Waals surface area contributed by atoms with Crippen molar-refractivity contribution in [1.29, 1.82) is 0 Å². The van der Waals surface area contributed by atoms with E-state index in [1.807, 2.05) is 12.1 Å². The molecule has 2 N–H and O–H groups in total. The van der Waals surface area contributed by atoms with Crippen molar-refractivity contribution in [3.8, 4) is 11.1 Å². The smallest absolute Gasteiger partial charge is 0.311 e. The molecule has 4 rings (SSSR count). The predicted molar refractivity (Wildman–Crippen MR) is 85.2 cm³/mol. The van der Waals surface area contributed by atoms with Crippen molar-refractivity contribution in [2.45, 2.75) is 31.7 Å². The van der Waals surface area contributed by atoms with Gasteiger partial charge in [0, 0.05) is 30.5 Å². The number of aliphatic carboxylic acids is 1. The third-order valence-corrected chi connectivity index (χ3v) is 5.44. The first-order valence-electron chi connectivity index (χ1n) is 8.11. The van der Waals surface area contributed by atoms with Crippen LogP contribution in [0.2, 0.25) is 0 Å². The largest absolute Gasteiger partial charge is 0.481 e. The second-order valence-electron chi connectivity index (χ2n) is 6.51. The van der Waals surface area contributed by atoms with Gasteiger partial charge in [-0.05, 0) is 37.0 Å².